The number of furan rings is 1. The Balaban J connectivity index is 1.55. The predicted octanol–water partition coefficient (Wildman–Crippen LogP) is 3.38. The van der Waals surface area contributed by atoms with Crippen LogP contribution in [0.4, 0.5) is 0 Å². The van der Waals surface area contributed by atoms with E-state index >= 15 is 0 Å². The second kappa shape index (κ2) is 4.99. The Hall–Kier alpha value is -2.60. The minimum atomic E-state index is -0.218. The van der Waals surface area contributed by atoms with Crippen molar-refractivity contribution in [3.8, 4) is 0 Å². The van der Waals surface area contributed by atoms with Crippen molar-refractivity contribution in [3.05, 3.63) is 59.1 Å². The third-order valence-corrected chi connectivity index (χ3v) is 4.39. The van der Waals surface area contributed by atoms with Gasteiger partial charge in [0.05, 0.1) is 12.2 Å². The van der Waals surface area contributed by atoms with Gasteiger partial charge in [0.2, 0.25) is 0 Å². The first-order valence-electron chi connectivity index (χ1n) is 6.90. The van der Waals surface area contributed by atoms with Crippen LogP contribution >= 0.6 is 11.3 Å². The highest BCUT2D eigenvalue weighted by molar-refractivity contribution is 7.15. The molecule has 0 atom stereocenters. The summed E-state index contributed by atoms with van der Waals surface area (Å²) in [4.78, 5) is 17.7. The number of hydrogen-bond donors (Lipinski definition) is 1. The lowest BCUT2D eigenvalue weighted by molar-refractivity contribution is 0.0924. The molecule has 0 radical (unpaired) electrons. The van der Waals surface area contributed by atoms with E-state index in [1.165, 1.54) is 0 Å². The zero-order valence-corrected chi connectivity index (χ0v) is 12.7. The molecule has 0 aliphatic rings. The molecule has 3 aromatic heterocycles. The normalized spacial score (nSPS) is 11.3. The number of thiazole rings is 1. The molecule has 0 saturated carbocycles. The van der Waals surface area contributed by atoms with Crippen molar-refractivity contribution in [3.63, 3.8) is 0 Å². The lowest BCUT2D eigenvalue weighted by atomic mass is 10.1. The SMILES string of the molecule is Cc1c(C(=O)NCc2cn3ccsc3n2)oc2ccccc12. The molecule has 4 rings (SSSR count). The van der Waals surface area contributed by atoms with Crippen molar-refractivity contribution in [1.29, 1.82) is 0 Å². The van der Waals surface area contributed by atoms with E-state index in [1.807, 2.05) is 53.4 Å². The predicted molar refractivity (Wildman–Crippen MR) is 85.2 cm³/mol. The molecule has 5 nitrogen and oxygen atoms in total. The van der Waals surface area contributed by atoms with Crippen molar-refractivity contribution >= 4 is 33.2 Å². The topological polar surface area (TPSA) is 59.5 Å². The highest BCUT2D eigenvalue weighted by atomic mass is 32.1. The fourth-order valence-electron chi connectivity index (χ4n) is 2.50. The van der Waals surface area contributed by atoms with Crippen LogP contribution in [0.25, 0.3) is 15.9 Å². The Morgan fingerprint density at radius 1 is 1.41 bits per heavy atom. The number of imidazole rings is 1. The van der Waals surface area contributed by atoms with Gasteiger partial charge in [-0.2, -0.15) is 0 Å². The molecule has 0 bridgehead atoms. The highest BCUT2D eigenvalue weighted by Gasteiger charge is 2.17. The van der Waals surface area contributed by atoms with Gasteiger partial charge in [0, 0.05) is 28.7 Å². The summed E-state index contributed by atoms with van der Waals surface area (Å²) in [6, 6.07) is 7.65. The van der Waals surface area contributed by atoms with Crippen LogP contribution in [0.3, 0.4) is 0 Å². The molecule has 0 unspecified atom stereocenters. The number of aryl methyl sites for hydroxylation is 1. The van der Waals surface area contributed by atoms with Gasteiger partial charge in [0.15, 0.2) is 10.7 Å². The Labute approximate surface area is 130 Å². The zero-order chi connectivity index (χ0) is 15.1. The average Bonchev–Trinajstić information content (AvgIpc) is 3.19. The molecule has 1 amide bonds. The zero-order valence-electron chi connectivity index (χ0n) is 11.9. The molecule has 1 aromatic carbocycles. The Morgan fingerprint density at radius 2 is 2.27 bits per heavy atom. The highest BCUT2D eigenvalue weighted by Crippen LogP contribution is 2.24. The molecule has 22 heavy (non-hydrogen) atoms. The first-order valence-corrected chi connectivity index (χ1v) is 7.78. The fourth-order valence-corrected chi connectivity index (χ4v) is 3.22. The van der Waals surface area contributed by atoms with Gasteiger partial charge in [-0.1, -0.05) is 18.2 Å². The van der Waals surface area contributed by atoms with E-state index < -0.39 is 0 Å². The summed E-state index contributed by atoms with van der Waals surface area (Å²) in [5.41, 5.74) is 2.42. The van der Waals surface area contributed by atoms with Gasteiger partial charge in [-0.25, -0.2) is 4.98 Å². The number of para-hydroxylation sites is 1. The summed E-state index contributed by atoms with van der Waals surface area (Å²) < 4.78 is 7.60. The monoisotopic (exact) mass is 311 g/mol. The minimum absolute atomic E-state index is 0.218. The van der Waals surface area contributed by atoms with E-state index in [2.05, 4.69) is 10.3 Å². The Kier molecular flexibility index (Phi) is 2.97. The van der Waals surface area contributed by atoms with Crippen LogP contribution in [0, 0.1) is 6.92 Å². The van der Waals surface area contributed by atoms with Crippen LogP contribution in [0.1, 0.15) is 21.8 Å². The number of carbonyl (C=O) groups is 1. The number of rotatable bonds is 3. The second-order valence-electron chi connectivity index (χ2n) is 5.06. The quantitative estimate of drug-likeness (QED) is 0.631. The number of amides is 1. The van der Waals surface area contributed by atoms with Crippen molar-refractivity contribution in [2.24, 2.45) is 0 Å². The Bertz CT molecular complexity index is 951. The number of hydrogen-bond acceptors (Lipinski definition) is 4. The first kappa shape index (κ1) is 13.1. The lowest BCUT2D eigenvalue weighted by Crippen LogP contribution is -2.23. The number of nitrogens with one attached hydrogen (secondary N) is 1. The summed E-state index contributed by atoms with van der Waals surface area (Å²) in [7, 11) is 0. The maximum absolute atomic E-state index is 12.3. The lowest BCUT2D eigenvalue weighted by Gasteiger charge is -2.01. The smallest absolute Gasteiger partial charge is 0.287 e. The largest absolute Gasteiger partial charge is 0.451 e. The average molecular weight is 311 g/mol. The van der Waals surface area contributed by atoms with E-state index in [1.54, 1.807) is 11.3 Å². The fraction of sp³-hybridized carbons (Fsp3) is 0.125. The van der Waals surface area contributed by atoms with Crippen molar-refractivity contribution in [2.75, 3.05) is 0 Å². The van der Waals surface area contributed by atoms with Crippen LogP contribution < -0.4 is 5.32 Å². The minimum Gasteiger partial charge on any atom is -0.451 e. The van der Waals surface area contributed by atoms with Gasteiger partial charge in [-0.05, 0) is 13.0 Å². The van der Waals surface area contributed by atoms with Gasteiger partial charge in [0.1, 0.15) is 5.58 Å². The molecule has 0 saturated heterocycles. The van der Waals surface area contributed by atoms with E-state index in [0.29, 0.717) is 12.3 Å². The molecule has 0 aliphatic heterocycles. The number of carbonyl (C=O) groups excluding carboxylic acids is 1. The van der Waals surface area contributed by atoms with Crippen LogP contribution in [0.15, 0.2) is 46.5 Å². The summed E-state index contributed by atoms with van der Waals surface area (Å²) >= 11 is 1.56. The third kappa shape index (κ3) is 2.08. The van der Waals surface area contributed by atoms with Crippen LogP contribution in [-0.4, -0.2) is 15.3 Å². The number of aromatic nitrogens is 2. The van der Waals surface area contributed by atoms with E-state index in [9.17, 15) is 4.79 Å². The summed E-state index contributed by atoms with van der Waals surface area (Å²) in [6.07, 6.45) is 3.86. The molecular weight excluding hydrogens is 298 g/mol. The van der Waals surface area contributed by atoms with E-state index in [0.717, 1.165) is 27.2 Å². The molecule has 3 heterocycles. The van der Waals surface area contributed by atoms with Crippen LogP contribution in [0.5, 0.6) is 0 Å². The number of benzene rings is 1. The van der Waals surface area contributed by atoms with E-state index in [-0.39, 0.29) is 5.91 Å². The standard InChI is InChI=1S/C16H13N3O2S/c1-10-12-4-2-3-5-13(12)21-14(10)15(20)17-8-11-9-19-6-7-22-16(19)18-11/h2-7,9H,8H2,1H3,(H,17,20). The Morgan fingerprint density at radius 3 is 3.09 bits per heavy atom. The summed E-state index contributed by atoms with van der Waals surface area (Å²) in [5, 5.41) is 5.81. The molecule has 0 fully saturated rings. The summed E-state index contributed by atoms with van der Waals surface area (Å²) in [6.45, 7) is 2.27. The molecular formula is C16H13N3O2S. The van der Waals surface area contributed by atoms with Crippen LogP contribution in [0.2, 0.25) is 0 Å². The van der Waals surface area contributed by atoms with Crippen molar-refractivity contribution in [2.45, 2.75) is 13.5 Å². The molecule has 6 heteroatoms. The van der Waals surface area contributed by atoms with Gasteiger partial charge in [-0.3, -0.25) is 9.20 Å². The third-order valence-electron chi connectivity index (χ3n) is 3.62. The molecule has 1 N–H and O–H groups in total. The second-order valence-corrected chi connectivity index (χ2v) is 5.93. The van der Waals surface area contributed by atoms with Crippen molar-refractivity contribution in [1.82, 2.24) is 14.7 Å². The van der Waals surface area contributed by atoms with Gasteiger partial charge in [-0.15, -0.1) is 11.3 Å². The molecule has 0 spiro atoms. The van der Waals surface area contributed by atoms with Gasteiger partial charge >= 0.3 is 0 Å². The molecule has 110 valence electrons. The number of fused-ring (bicyclic) bond motifs is 2. The molecule has 0 aliphatic carbocycles. The molecule has 4 aromatic rings. The van der Waals surface area contributed by atoms with Crippen molar-refractivity contribution < 1.29 is 9.21 Å². The van der Waals surface area contributed by atoms with Gasteiger partial charge < -0.3 is 9.73 Å². The maximum Gasteiger partial charge on any atom is 0.287 e. The van der Waals surface area contributed by atoms with Crippen LogP contribution in [-0.2, 0) is 6.54 Å². The maximum atomic E-state index is 12.3. The van der Waals surface area contributed by atoms with Gasteiger partial charge in [0.25, 0.3) is 5.91 Å². The number of nitrogens with zero attached hydrogens (tertiary/aromatic N) is 2. The first-order chi connectivity index (χ1) is 10.7. The summed E-state index contributed by atoms with van der Waals surface area (Å²) in [5.74, 6) is 0.146. The van der Waals surface area contributed by atoms with E-state index in [4.69, 9.17) is 4.42 Å².